The van der Waals surface area contributed by atoms with Crippen LogP contribution in [0.15, 0.2) is 94.6 Å². The van der Waals surface area contributed by atoms with Crippen molar-refractivity contribution in [1.29, 1.82) is 5.41 Å². The SMILES string of the molecule is C=C(/C=C(C)\C(=C/C)C(=O)NC(C=C1CC1)CC(/C=C\C(C)=N)=C/C)P(C)C1C=CC(C)=CNC1. The predicted molar refractivity (Wildman–Crippen MR) is 154 cm³/mol. The maximum absolute atomic E-state index is 13.3. The van der Waals surface area contributed by atoms with E-state index >= 15 is 0 Å². The fraction of sp³-hybridized carbons (Fsp3) is 0.400. The van der Waals surface area contributed by atoms with Gasteiger partial charge in [-0.25, -0.2) is 0 Å². The van der Waals surface area contributed by atoms with Crippen molar-refractivity contribution in [2.45, 2.75) is 65.6 Å². The molecule has 0 radical (unpaired) electrons. The van der Waals surface area contributed by atoms with E-state index in [0.29, 0.717) is 23.4 Å². The van der Waals surface area contributed by atoms with Crippen molar-refractivity contribution in [1.82, 2.24) is 10.6 Å². The van der Waals surface area contributed by atoms with Crippen LogP contribution < -0.4 is 10.6 Å². The Morgan fingerprint density at radius 1 is 1.29 bits per heavy atom. The lowest BCUT2D eigenvalue weighted by Gasteiger charge is -2.22. The van der Waals surface area contributed by atoms with Gasteiger partial charge in [-0.05, 0) is 94.9 Å². The third-order valence-corrected chi connectivity index (χ3v) is 8.58. The molecular formula is C30H42N3OP. The molecule has 3 atom stereocenters. The van der Waals surface area contributed by atoms with E-state index in [1.165, 1.54) is 11.1 Å². The zero-order chi connectivity index (χ0) is 26.0. The van der Waals surface area contributed by atoms with Crippen molar-refractivity contribution < 1.29 is 4.79 Å². The van der Waals surface area contributed by atoms with Crippen LogP contribution in [0.1, 0.15) is 53.9 Å². The minimum atomic E-state index is -0.476. The summed E-state index contributed by atoms with van der Waals surface area (Å²) in [5, 5.41) is 15.4. The van der Waals surface area contributed by atoms with Gasteiger partial charge in [-0.2, -0.15) is 0 Å². The van der Waals surface area contributed by atoms with Crippen molar-refractivity contribution in [2.24, 2.45) is 0 Å². The molecular weight excluding hydrogens is 449 g/mol. The normalized spacial score (nSPS) is 20.5. The van der Waals surface area contributed by atoms with Gasteiger partial charge in [0.05, 0.1) is 6.04 Å². The summed E-state index contributed by atoms with van der Waals surface area (Å²) in [6, 6.07) is -0.0749. The van der Waals surface area contributed by atoms with Gasteiger partial charge in [0.25, 0.3) is 5.91 Å². The first-order chi connectivity index (χ1) is 16.6. The fourth-order valence-corrected chi connectivity index (χ4v) is 5.40. The Bertz CT molecular complexity index is 1030. The van der Waals surface area contributed by atoms with E-state index in [0.717, 1.165) is 35.8 Å². The quantitative estimate of drug-likeness (QED) is 0.0951. The minimum Gasteiger partial charge on any atom is -0.390 e. The molecule has 5 heteroatoms. The Labute approximate surface area is 213 Å². The molecule has 4 nitrogen and oxygen atoms in total. The summed E-state index contributed by atoms with van der Waals surface area (Å²) >= 11 is 0. The Balaban J connectivity index is 2.11. The molecule has 2 aliphatic rings. The van der Waals surface area contributed by atoms with Gasteiger partial charge >= 0.3 is 0 Å². The standard InChI is InChI=1S/C30H42N3OP/c1-8-25(12-11-23(5)31)17-27(18-26-13-14-26)33-30(34)29(9-2)22(4)16-24(6)35(7)28-15-10-21(3)19-32-20-28/h8-12,15-16,18-19,27-28,31-32H,6,13-14,17,20H2,1-5,7H3,(H,33,34)/b12-11-,22-16-,25-8+,29-9+,31-23?. The van der Waals surface area contributed by atoms with Gasteiger partial charge in [-0.15, -0.1) is 0 Å². The molecule has 3 N–H and O–H groups in total. The van der Waals surface area contributed by atoms with Gasteiger partial charge in [0.1, 0.15) is 0 Å². The summed E-state index contributed by atoms with van der Waals surface area (Å²) in [5.74, 6) is -0.0597. The monoisotopic (exact) mass is 491 g/mol. The second-order valence-electron chi connectivity index (χ2n) is 9.34. The van der Waals surface area contributed by atoms with Gasteiger partial charge in [0, 0.05) is 23.5 Å². The van der Waals surface area contributed by atoms with Crippen LogP contribution in [-0.2, 0) is 4.79 Å². The fourth-order valence-electron chi connectivity index (χ4n) is 3.86. The number of amides is 1. The second kappa shape index (κ2) is 14.0. The summed E-state index contributed by atoms with van der Waals surface area (Å²) in [7, 11) is -0.476. The highest BCUT2D eigenvalue weighted by Crippen LogP contribution is 2.47. The van der Waals surface area contributed by atoms with E-state index < -0.39 is 7.92 Å². The van der Waals surface area contributed by atoms with E-state index in [4.69, 9.17) is 5.41 Å². The lowest BCUT2D eigenvalue weighted by atomic mass is 10.0. The highest BCUT2D eigenvalue weighted by molar-refractivity contribution is 7.62. The zero-order valence-corrected chi connectivity index (χ0v) is 23.1. The molecule has 0 spiro atoms. The van der Waals surface area contributed by atoms with E-state index in [-0.39, 0.29) is 11.9 Å². The lowest BCUT2D eigenvalue weighted by Crippen LogP contribution is -2.35. The molecule has 0 aromatic carbocycles. The first-order valence-corrected chi connectivity index (χ1v) is 14.2. The molecule has 1 heterocycles. The number of hydrogen-bond acceptors (Lipinski definition) is 3. The minimum absolute atomic E-state index is 0.0597. The van der Waals surface area contributed by atoms with Crippen molar-refractivity contribution in [3.05, 3.63) is 94.6 Å². The van der Waals surface area contributed by atoms with Crippen molar-refractivity contribution in [3.63, 3.8) is 0 Å². The van der Waals surface area contributed by atoms with Crippen LogP contribution in [0.2, 0.25) is 0 Å². The number of nitrogens with one attached hydrogen (secondary N) is 3. The largest absolute Gasteiger partial charge is 0.390 e. The van der Waals surface area contributed by atoms with Gasteiger partial charge < -0.3 is 16.0 Å². The molecule has 1 aliphatic heterocycles. The second-order valence-corrected chi connectivity index (χ2v) is 11.8. The molecule has 1 amide bonds. The Morgan fingerprint density at radius 2 is 2.00 bits per heavy atom. The smallest absolute Gasteiger partial charge is 0.251 e. The van der Waals surface area contributed by atoms with E-state index in [1.807, 2.05) is 39.0 Å². The Hall–Kier alpha value is -2.71. The number of carbonyl (C=O) groups is 1. The van der Waals surface area contributed by atoms with E-state index in [2.05, 4.69) is 61.3 Å². The maximum Gasteiger partial charge on any atom is 0.251 e. The van der Waals surface area contributed by atoms with Crippen LogP contribution >= 0.6 is 7.92 Å². The van der Waals surface area contributed by atoms with Crippen LogP contribution in [0, 0.1) is 5.41 Å². The zero-order valence-electron chi connectivity index (χ0n) is 22.2. The molecule has 1 fully saturated rings. The van der Waals surface area contributed by atoms with Crippen LogP contribution in [0.4, 0.5) is 0 Å². The molecule has 0 bridgehead atoms. The van der Waals surface area contributed by atoms with E-state index in [1.54, 1.807) is 13.0 Å². The van der Waals surface area contributed by atoms with Crippen LogP contribution in [0.5, 0.6) is 0 Å². The van der Waals surface area contributed by atoms with Crippen molar-refractivity contribution in [2.75, 3.05) is 13.2 Å². The van der Waals surface area contributed by atoms with Gasteiger partial charge in [0.2, 0.25) is 0 Å². The van der Waals surface area contributed by atoms with Gasteiger partial charge in [0.15, 0.2) is 0 Å². The number of carbonyl (C=O) groups excluding carboxylic acids is 1. The molecule has 0 aromatic heterocycles. The molecule has 2 rings (SSSR count). The van der Waals surface area contributed by atoms with Gasteiger partial charge in [-0.3, -0.25) is 4.79 Å². The van der Waals surface area contributed by atoms with Crippen LogP contribution in [0.25, 0.3) is 0 Å². The average molecular weight is 492 g/mol. The van der Waals surface area contributed by atoms with Crippen molar-refractivity contribution in [3.8, 4) is 0 Å². The van der Waals surface area contributed by atoms with E-state index in [9.17, 15) is 4.79 Å². The third-order valence-electron chi connectivity index (χ3n) is 6.20. The van der Waals surface area contributed by atoms with Crippen LogP contribution in [-0.4, -0.2) is 36.5 Å². The lowest BCUT2D eigenvalue weighted by molar-refractivity contribution is -0.117. The summed E-state index contributed by atoms with van der Waals surface area (Å²) in [4.78, 5) is 13.3. The topological polar surface area (TPSA) is 65.0 Å². The highest BCUT2D eigenvalue weighted by Gasteiger charge is 2.21. The Morgan fingerprint density at radius 3 is 2.60 bits per heavy atom. The highest BCUT2D eigenvalue weighted by atomic mass is 31.1. The molecule has 1 aliphatic carbocycles. The first kappa shape index (κ1) is 28.5. The van der Waals surface area contributed by atoms with Gasteiger partial charge in [-0.1, -0.05) is 62.6 Å². The summed E-state index contributed by atoms with van der Waals surface area (Å²) in [6.45, 7) is 17.3. The molecule has 188 valence electrons. The average Bonchev–Trinajstić information content (AvgIpc) is 3.64. The predicted octanol–water partition coefficient (Wildman–Crippen LogP) is 7.07. The summed E-state index contributed by atoms with van der Waals surface area (Å²) in [6.07, 6.45) is 21.4. The molecule has 3 unspecified atom stereocenters. The summed E-state index contributed by atoms with van der Waals surface area (Å²) in [5.41, 5.74) is 6.27. The number of rotatable bonds is 11. The maximum atomic E-state index is 13.3. The molecule has 0 aromatic rings. The molecule has 1 saturated carbocycles. The van der Waals surface area contributed by atoms with Crippen molar-refractivity contribution >= 4 is 19.5 Å². The Kier molecular flexibility index (Phi) is 11.4. The summed E-state index contributed by atoms with van der Waals surface area (Å²) < 4.78 is 0. The molecule has 35 heavy (non-hydrogen) atoms. The molecule has 0 saturated heterocycles. The number of allylic oxidation sites excluding steroid dienone is 9. The van der Waals surface area contributed by atoms with Crippen LogP contribution in [0.3, 0.4) is 0 Å². The first-order valence-electron chi connectivity index (χ1n) is 12.4. The third kappa shape index (κ3) is 9.82. The number of hydrogen-bond donors (Lipinski definition) is 3.